The number of hydrogen-bond donors (Lipinski definition) is 1. The summed E-state index contributed by atoms with van der Waals surface area (Å²) in [6.45, 7) is 0.588. The van der Waals surface area contributed by atoms with Crippen LogP contribution in [-0.2, 0) is 14.4 Å². The first kappa shape index (κ1) is 14.4. The maximum absolute atomic E-state index is 11.7. The third kappa shape index (κ3) is 5.08. The van der Waals surface area contributed by atoms with E-state index < -0.39 is 5.92 Å². The van der Waals surface area contributed by atoms with Gasteiger partial charge in [-0.3, -0.25) is 4.79 Å². The van der Waals surface area contributed by atoms with Gasteiger partial charge >= 0.3 is 0 Å². The van der Waals surface area contributed by atoms with Crippen LogP contribution in [0.25, 0.3) is 0 Å². The molecule has 0 aliphatic heterocycles. The Labute approximate surface area is 107 Å². The minimum atomic E-state index is -0.507. The molecule has 4 heteroatoms. The van der Waals surface area contributed by atoms with Gasteiger partial charge in [0.25, 0.3) is 0 Å². The van der Waals surface area contributed by atoms with Crippen molar-refractivity contribution in [2.45, 2.75) is 32.1 Å². The fourth-order valence-electron chi connectivity index (χ4n) is 1.89. The lowest BCUT2D eigenvalue weighted by atomic mass is 10.0. The first-order chi connectivity index (χ1) is 8.77. The van der Waals surface area contributed by atoms with Crippen molar-refractivity contribution in [1.29, 1.82) is 0 Å². The Hall–Kier alpha value is -1.71. The van der Waals surface area contributed by atoms with Crippen molar-refractivity contribution in [2.24, 2.45) is 5.92 Å². The fourth-order valence-corrected chi connectivity index (χ4v) is 1.89. The summed E-state index contributed by atoms with van der Waals surface area (Å²) < 4.78 is 0. The van der Waals surface area contributed by atoms with Gasteiger partial charge in [-0.05, 0) is 19.3 Å². The van der Waals surface area contributed by atoms with Crippen molar-refractivity contribution < 1.29 is 14.4 Å². The molecule has 1 aliphatic carbocycles. The van der Waals surface area contributed by atoms with Crippen molar-refractivity contribution in [3.8, 4) is 0 Å². The van der Waals surface area contributed by atoms with Crippen molar-refractivity contribution in [2.75, 3.05) is 6.54 Å². The molecule has 1 amide bonds. The van der Waals surface area contributed by atoms with Crippen LogP contribution in [0.5, 0.6) is 0 Å². The van der Waals surface area contributed by atoms with Gasteiger partial charge < -0.3 is 14.9 Å². The maximum atomic E-state index is 11.7. The topological polar surface area (TPSA) is 63.2 Å². The number of carbonyl (C=O) groups is 3. The molecule has 0 radical (unpaired) electrons. The molecule has 0 heterocycles. The Balaban J connectivity index is 2.17. The van der Waals surface area contributed by atoms with E-state index in [2.05, 4.69) is 17.5 Å². The molecule has 1 rings (SSSR count). The number of aldehydes is 2. The molecule has 0 atom stereocenters. The highest BCUT2D eigenvalue weighted by Crippen LogP contribution is 2.15. The highest BCUT2D eigenvalue weighted by molar-refractivity contribution is 5.83. The summed E-state index contributed by atoms with van der Waals surface area (Å²) in [7, 11) is 0. The molecular weight excluding hydrogens is 230 g/mol. The molecule has 0 saturated carbocycles. The van der Waals surface area contributed by atoms with Crippen LogP contribution >= 0.6 is 0 Å². The van der Waals surface area contributed by atoms with Gasteiger partial charge in [0.15, 0.2) is 0 Å². The zero-order chi connectivity index (χ0) is 13.2. The van der Waals surface area contributed by atoms with E-state index in [4.69, 9.17) is 0 Å². The van der Waals surface area contributed by atoms with Crippen molar-refractivity contribution in [1.82, 2.24) is 5.32 Å². The predicted octanol–water partition coefficient (Wildman–Crippen LogP) is 1.56. The van der Waals surface area contributed by atoms with E-state index in [9.17, 15) is 14.4 Å². The molecule has 4 nitrogen and oxygen atoms in total. The van der Waals surface area contributed by atoms with Crippen LogP contribution < -0.4 is 5.32 Å². The Morgan fingerprint density at radius 2 is 2.06 bits per heavy atom. The average molecular weight is 249 g/mol. The minimum absolute atomic E-state index is 0.111. The molecule has 0 saturated heterocycles. The Bertz CT molecular complexity index is 348. The second-order valence-corrected chi connectivity index (χ2v) is 4.35. The normalized spacial score (nSPS) is 13.5. The smallest absolute Gasteiger partial charge is 0.223 e. The van der Waals surface area contributed by atoms with Crippen LogP contribution in [-0.4, -0.2) is 25.0 Å². The van der Waals surface area contributed by atoms with Crippen molar-refractivity contribution >= 4 is 18.5 Å². The number of hydrogen-bond acceptors (Lipinski definition) is 3. The zero-order valence-corrected chi connectivity index (χ0v) is 10.4. The second kappa shape index (κ2) is 8.39. The lowest BCUT2D eigenvalue weighted by Gasteiger charge is -2.11. The maximum Gasteiger partial charge on any atom is 0.223 e. The molecule has 1 aliphatic rings. The molecule has 0 aromatic heterocycles. The van der Waals surface area contributed by atoms with Crippen LogP contribution in [0.3, 0.4) is 0 Å². The monoisotopic (exact) mass is 249 g/mol. The van der Waals surface area contributed by atoms with Gasteiger partial charge in [-0.15, -0.1) is 0 Å². The summed E-state index contributed by atoms with van der Waals surface area (Å²) >= 11 is 0. The summed E-state index contributed by atoms with van der Waals surface area (Å²) in [5.41, 5.74) is 1.38. The standard InChI is InChI=1S/C14H19NO3/c16-10-7-13(8-11-17)14(18)15-9-3-6-12-4-1-2-5-12/h1-2,4,10-11,13H,3,5-9H2,(H,15,18). The van der Waals surface area contributed by atoms with Gasteiger partial charge in [0.05, 0.1) is 5.92 Å². The van der Waals surface area contributed by atoms with E-state index in [1.54, 1.807) is 0 Å². The van der Waals surface area contributed by atoms with Gasteiger partial charge in [0, 0.05) is 19.4 Å². The summed E-state index contributed by atoms with van der Waals surface area (Å²) in [5.74, 6) is -0.708. The van der Waals surface area contributed by atoms with E-state index in [1.807, 2.05) is 6.08 Å². The van der Waals surface area contributed by atoms with Crippen LogP contribution in [0.2, 0.25) is 0 Å². The number of nitrogens with one attached hydrogen (secondary N) is 1. The summed E-state index contributed by atoms with van der Waals surface area (Å²) in [6.07, 6.45) is 10.7. The van der Waals surface area contributed by atoms with E-state index in [1.165, 1.54) is 5.57 Å². The highest BCUT2D eigenvalue weighted by atomic mass is 16.2. The summed E-state index contributed by atoms with van der Waals surface area (Å²) in [5, 5.41) is 2.77. The predicted molar refractivity (Wildman–Crippen MR) is 68.9 cm³/mol. The van der Waals surface area contributed by atoms with Crippen LogP contribution in [0, 0.1) is 5.92 Å². The Morgan fingerprint density at radius 1 is 1.33 bits per heavy atom. The number of amides is 1. The van der Waals surface area contributed by atoms with Gasteiger partial charge in [-0.2, -0.15) is 0 Å². The largest absolute Gasteiger partial charge is 0.356 e. The lowest BCUT2D eigenvalue weighted by Crippen LogP contribution is -2.32. The van der Waals surface area contributed by atoms with E-state index >= 15 is 0 Å². The molecule has 0 aromatic carbocycles. The van der Waals surface area contributed by atoms with Crippen molar-refractivity contribution in [3.05, 3.63) is 23.8 Å². The van der Waals surface area contributed by atoms with Gasteiger partial charge in [0.2, 0.25) is 5.91 Å². The van der Waals surface area contributed by atoms with E-state index in [0.29, 0.717) is 19.1 Å². The quantitative estimate of drug-likeness (QED) is 0.498. The molecule has 0 unspecified atom stereocenters. The SMILES string of the molecule is O=CCC(CC=O)C(=O)NCCCC1=CC=CC1. The molecule has 18 heavy (non-hydrogen) atoms. The molecule has 0 fully saturated rings. The highest BCUT2D eigenvalue weighted by Gasteiger charge is 2.16. The molecule has 1 N–H and O–H groups in total. The Kier molecular flexibility index (Phi) is 6.69. The number of allylic oxidation sites excluding steroid dienone is 4. The number of carbonyl (C=O) groups excluding carboxylic acids is 3. The molecule has 0 bridgehead atoms. The first-order valence-electron chi connectivity index (χ1n) is 6.27. The van der Waals surface area contributed by atoms with Crippen LogP contribution in [0.15, 0.2) is 23.8 Å². The van der Waals surface area contributed by atoms with Gasteiger partial charge in [-0.25, -0.2) is 0 Å². The third-order valence-corrected chi connectivity index (χ3v) is 2.95. The summed E-state index contributed by atoms with van der Waals surface area (Å²) in [4.78, 5) is 32.4. The molecular formula is C14H19NO3. The average Bonchev–Trinajstić information content (AvgIpc) is 2.87. The lowest BCUT2D eigenvalue weighted by molar-refractivity contribution is -0.128. The van der Waals surface area contributed by atoms with Gasteiger partial charge in [0.1, 0.15) is 12.6 Å². The zero-order valence-electron chi connectivity index (χ0n) is 10.4. The fraction of sp³-hybridized carbons (Fsp3) is 0.500. The Morgan fingerprint density at radius 3 is 2.61 bits per heavy atom. The van der Waals surface area contributed by atoms with Gasteiger partial charge in [-0.1, -0.05) is 23.8 Å². The van der Waals surface area contributed by atoms with E-state index in [0.717, 1.165) is 19.3 Å². The van der Waals surface area contributed by atoms with Crippen molar-refractivity contribution in [3.63, 3.8) is 0 Å². The molecule has 0 spiro atoms. The number of rotatable bonds is 9. The second-order valence-electron chi connectivity index (χ2n) is 4.35. The summed E-state index contributed by atoms with van der Waals surface area (Å²) in [6, 6.07) is 0. The van der Waals surface area contributed by atoms with E-state index in [-0.39, 0.29) is 18.7 Å². The molecule has 98 valence electrons. The van der Waals surface area contributed by atoms with Crippen LogP contribution in [0.4, 0.5) is 0 Å². The third-order valence-electron chi connectivity index (χ3n) is 2.95. The van der Waals surface area contributed by atoms with Crippen LogP contribution in [0.1, 0.15) is 32.1 Å². The molecule has 0 aromatic rings. The first-order valence-corrected chi connectivity index (χ1v) is 6.27. The minimum Gasteiger partial charge on any atom is -0.356 e.